The summed E-state index contributed by atoms with van der Waals surface area (Å²) in [6.07, 6.45) is 0. The van der Waals surface area contributed by atoms with E-state index in [1.807, 2.05) is 0 Å². The highest BCUT2D eigenvalue weighted by molar-refractivity contribution is 5.54. The second-order valence-corrected chi connectivity index (χ2v) is 8.65. The lowest BCUT2D eigenvalue weighted by Crippen LogP contribution is -2.07. The van der Waals surface area contributed by atoms with Gasteiger partial charge in [-0.15, -0.1) is 0 Å². The molecule has 0 atom stereocenters. The average molecular weight is 702 g/mol. The summed E-state index contributed by atoms with van der Waals surface area (Å²) < 4.78 is 251. The van der Waals surface area contributed by atoms with Crippen molar-refractivity contribution in [2.45, 2.75) is 0 Å². The van der Waals surface area contributed by atoms with Gasteiger partial charge in [-0.3, -0.25) is 0 Å². The molecule has 0 N–H and O–H groups in total. The summed E-state index contributed by atoms with van der Waals surface area (Å²) in [4.78, 5) is 0. The van der Waals surface area contributed by atoms with Crippen LogP contribution < -0.4 is 0 Å². The molecule has 0 radical (unpaired) electrons. The van der Waals surface area contributed by atoms with Gasteiger partial charge in [0.15, 0.2) is 93.1 Å². The number of rotatable bonds is 0. The van der Waals surface area contributed by atoms with Crippen LogP contribution in [0, 0.1) is 140 Å². The fourth-order valence-corrected chi connectivity index (χ4v) is 3.51. The molecule has 0 fully saturated rings. The first-order valence-corrected chi connectivity index (χ1v) is 11.7. The lowest BCUT2D eigenvalue weighted by molar-refractivity contribution is 0.376. The molecular weight excluding hydrogens is 702 g/mol. The molecular formula is C30F18. The molecule has 0 saturated carbocycles. The van der Waals surface area contributed by atoms with Crippen LogP contribution in [0.4, 0.5) is 79.0 Å². The fraction of sp³-hybridized carbons (Fsp3) is 0. The van der Waals surface area contributed by atoms with Crippen LogP contribution in [0.1, 0.15) is 33.4 Å². The maximum absolute atomic E-state index is 14.5. The molecule has 246 valence electrons. The minimum Gasteiger partial charge on any atom is -0.202 e. The van der Waals surface area contributed by atoms with E-state index in [0.29, 0.717) is 0 Å². The standard InChI is InChI=1S/C30F18/c31-13-7(14(32)18(36)9(17(13)35)3-5-11-21(39)25(43)29(47)26(44)22(11)40)1-2-8-15(33)19(37)10(20(38)16(8)34)4-6-12-23(41)27(45)30(48)28(46)24(12)42. The minimum absolute atomic E-state index is 1.10. The molecule has 0 unspecified atom stereocenters. The molecule has 0 aliphatic rings. The number of halogens is 18. The predicted molar refractivity (Wildman–Crippen MR) is 123 cm³/mol. The van der Waals surface area contributed by atoms with Gasteiger partial charge in [0.25, 0.3) is 0 Å². The first kappa shape index (κ1) is 35.2. The van der Waals surface area contributed by atoms with E-state index in [4.69, 9.17) is 0 Å². The molecule has 18 heteroatoms. The van der Waals surface area contributed by atoms with E-state index in [1.165, 1.54) is 0 Å². The summed E-state index contributed by atoms with van der Waals surface area (Å²) in [6.45, 7) is 0. The molecule has 4 aromatic carbocycles. The van der Waals surface area contributed by atoms with Crippen LogP contribution in [0.2, 0.25) is 0 Å². The fourth-order valence-electron chi connectivity index (χ4n) is 3.51. The highest BCUT2D eigenvalue weighted by Crippen LogP contribution is 2.28. The van der Waals surface area contributed by atoms with Gasteiger partial charge in [-0.2, -0.15) is 0 Å². The Morgan fingerprint density at radius 3 is 0.354 bits per heavy atom. The Labute approximate surface area is 253 Å². The van der Waals surface area contributed by atoms with E-state index in [2.05, 4.69) is 0 Å². The maximum Gasteiger partial charge on any atom is 0.200 e. The Morgan fingerprint density at radius 2 is 0.229 bits per heavy atom. The normalized spacial score (nSPS) is 10.6. The topological polar surface area (TPSA) is 0 Å². The van der Waals surface area contributed by atoms with Crippen molar-refractivity contribution in [1.82, 2.24) is 0 Å². The quantitative estimate of drug-likeness (QED) is 0.0748. The summed E-state index contributed by atoms with van der Waals surface area (Å²) >= 11 is 0. The zero-order chi connectivity index (χ0) is 36.1. The second kappa shape index (κ2) is 12.8. The third-order valence-electron chi connectivity index (χ3n) is 5.88. The van der Waals surface area contributed by atoms with Gasteiger partial charge in [0, 0.05) is 0 Å². The Morgan fingerprint density at radius 1 is 0.146 bits per heavy atom. The highest BCUT2D eigenvalue weighted by atomic mass is 19.2. The van der Waals surface area contributed by atoms with Gasteiger partial charge in [-0.1, -0.05) is 35.5 Å². The monoisotopic (exact) mass is 702 g/mol. The SMILES string of the molecule is Fc1c(F)c(F)c(C#Cc2c(F)c(F)c(C#Cc3c(F)c(F)c(C#Cc4c(F)c(F)c(F)c(F)c4F)c(F)c3F)c(F)c2F)c(F)c1F. The van der Waals surface area contributed by atoms with Crippen molar-refractivity contribution in [3.8, 4) is 35.5 Å². The van der Waals surface area contributed by atoms with Gasteiger partial charge in [-0.25, -0.2) is 79.0 Å². The molecule has 0 aliphatic carbocycles. The van der Waals surface area contributed by atoms with Crippen molar-refractivity contribution in [1.29, 1.82) is 0 Å². The van der Waals surface area contributed by atoms with Crippen LogP contribution in [-0.4, -0.2) is 0 Å². The van der Waals surface area contributed by atoms with E-state index in [-0.39, 0.29) is 0 Å². The third-order valence-corrected chi connectivity index (χ3v) is 5.88. The van der Waals surface area contributed by atoms with E-state index >= 15 is 0 Å². The minimum atomic E-state index is -2.65. The zero-order valence-corrected chi connectivity index (χ0v) is 21.8. The van der Waals surface area contributed by atoms with E-state index in [9.17, 15) is 79.0 Å². The van der Waals surface area contributed by atoms with Gasteiger partial charge in [-0.05, 0) is 0 Å². The summed E-state index contributed by atoms with van der Waals surface area (Å²) in [6, 6.07) is 0. The second-order valence-electron chi connectivity index (χ2n) is 8.65. The summed E-state index contributed by atoms with van der Waals surface area (Å²) in [7, 11) is 0. The molecule has 0 nitrogen and oxygen atoms in total. The summed E-state index contributed by atoms with van der Waals surface area (Å²) in [5.74, 6) is -39.6. The first-order chi connectivity index (χ1) is 22.3. The number of hydrogen-bond acceptors (Lipinski definition) is 0. The molecule has 4 rings (SSSR count). The van der Waals surface area contributed by atoms with Crippen LogP contribution >= 0.6 is 0 Å². The van der Waals surface area contributed by atoms with Gasteiger partial charge in [0.1, 0.15) is 33.4 Å². The molecule has 0 amide bonds. The van der Waals surface area contributed by atoms with Crippen molar-refractivity contribution in [2.75, 3.05) is 0 Å². The summed E-state index contributed by atoms with van der Waals surface area (Å²) in [5.41, 5.74) is -12.1. The first-order valence-electron chi connectivity index (χ1n) is 11.7. The van der Waals surface area contributed by atoms with Crippen molar-refractivity contribution in [3.05, 3.63) is 138 Å². The maximum atomic E-state index is 14.5. The molecule has 0 spiro atoms. The third kappa shape index (κ3) is 5.61. The van der Waals surface area contributed by atoms with Crippen molar-refractivity contribution in [3.63, 3.8) is 0 Å². The lowest BCUT2D eigenvalue weighted by Gasteiger charge is -2.06. The number of hydrogen-bond donors (Lipinski definition) is 0. The lowest BCUT2D eigenvalue weighted by atomic mass is 10.0. The highest BCUT2D eigenvalue weighted by Gasteiger charge is 2.29. The molecule has 48 heavy (non-hydrogen) atoms. The van der Waals surface area contributed by atoms with E-state index in [1.54, 1.807) is 0 Å². The molecule has 0 heterocycles. The van der Waals surface area contributed by atoms with Crippen molar-refractivity contribution >= 4 is 0 Å². The molecule has 0 saturated heterocycles. The van der Waals surface area contributed by atoms with Crippen LogP contribution in [0.25, 0.3) is 0 Å². The van der Waals surface area contributed by atoms with E-state index < -0.39 is 138 Å². The van der Waals surface area contributed by atoms with Gasteiger partial charge < -0.3 is 0 Å². The summed E-state index contributed by atoms with van der Waals surface area (Å²) in [5, 5.41) is 0. The van der Waals surface area contributed by atoms with Crippen LogP contribution in [-0.2, 0) is 0 Å². The van der Waals surface area contributed by atoms with Crippen LogP contribution in [0.15, 0.2) is 0 Å². The van der Waals surface area contributed by atoms with E-state index in [0.717, 1.165) is 35.5 Å². The Balaban J connectivity index is 1.82. The van der Waals surface area contributed by atoms with Gasteiger partial charge in [0.05, 0.1) is 0 Å². The largest absolute Gasteiger partial charge is 0.202 e. The van der Waals surface area contributed by atoms with Gasteiger partial charge in [0.2, 0.25) is 11.6 Å². The molecule has 0 aliphatic heterocycles. The number of benzene rings is 4. The molecule has 0 bridgehead atoms. The Kier molecular flexibility index (Phi) is 9.40. The molecule has 4 aromatic rings. The average Bonchev–Trinajstić information content (AvgIpc) is 3.06. The zero-order valence-electron chi connectivity index (χ0n) is 21.8. The van der Waals surface area contributed by atoms with Crippen molar-refractivity contribution < 1.29 is 79.0 Å². The Hall–Kier alpha value is -5.70. The Bertz CT molecular complexity index is 2010. The van der Waals surface area contributed by atoms with Gasteiger partial charge >= 0.3 is 0 Å². The van der Waals surface area contributed by atoms with Crippen molar-refractivity contribution in [2.24, 2.45) is 0 Å². The van der Waals surface area contributed by atoms with Crippen LogP contribution in [0.3, 0.4) is 0 Å². The van der Waals surface area contributed by atoms with Crippen LogP contribution in [0.5, 0.6) is 0 Å². The smallest absolute Gasteiger partial charge is 0.200 e. The predicted octanol–water partition coefficient (Wildman–Crippen LogP) is 8.39. The molecule has 0 aromatic heterocycles.